The summed E-state index contributed by atoms with van der Waals surface area (Å²) in [4.78, 5) is 16.1. The van der Waals surface area contributed by atoms with Crippen LogP contribution in [0.5, 0.6) is 0 Å². The topological polar surface area (TPSA) is 91.9 Å². The molecule has 1 aliphatic rings. The Morgan fingerprint density at radius 2 is 2.11 bits per heavy atom. The molecular formula is C17H20F3N5O2. The van der Waals surface area contributed by atoms with Gasteiger partial charge in [0.1, 0.15) is 5.82 Å². The van der Waals surface area contributed by atoms with Gasteiger partial charge in [-0.25, -0.2) is 4.98 Å². The van der Waals surface area contributed by atoms with Gasteiger partial charge in [0.2, 0.25) is 0 Å². The van der Waals surface area contributed by atoms with Gasteiger partial charge in [0, 0.05) is 31.3 Å². The summed E-state index contributed by atoms with van der Waals surface area (Å²) in [5.74, 6) is -0.00910. The number of hydrogen-bond acceptors (Lipinski definition) is 5. The van der Waals surface area contributed by atoms with Crippen LogP contribution in [0.1, 0.15) is 47.3 Å². The van der Waals surface area contributed by atoms with Gasteiger partial charge in [0.25, 0.3) is 5.91 Å². The van der Waals surface area contributed by atoms with E-state index < -0.39 is 11.7 Å². The zero-order chi connectivity index (χ0) is 19.6. The van der Waals surface area contributed by atoms with Crippen LogP contribution in [0.15, 0.2) is 18.3 Å². The molecule has 0 saturated heterocycles. The number of alkyl halides is 3. The Morgan fingerprint density at radius 3 is 2.78 bits per heavy atom. The molecule has 2 atom stereocenters. The van der Waals surface area contributed by atoms with Crippen LogP contribution in [-0.4, -0.2) is 40.3 Å². The fraction of sp³-hybridized carbons (Fsp3) is 0.471. The van der Waals surface area contributed by atoms with Crippen molar-refractivity contribution in [3.05, 3.63) is 40.8 Å². The minimum Gasteiger partial charge on any atom is -0.369 e. The fourth-order valence-electron chi connectivity index (χ4n) is 2.98. The van der Waals surface area contributed by atoms with Crippen molar-refractivity contribution in [3.63, 3.8) is 0 Å². The quantitative estimate of drug-likeness (QED) is 0.691. The van der Waals surface area contributed by atoms with Crippen LogP contribution in [0.25, 0.3) is 0 Å². The Bertz CT molecular complexity index is 804. The second-order valence-electron chi connectivity index (χ2n) is 6.37. The third kappa shape index (κ3) is 4.38. The van der Waals surface area contributed by atoms with Crippen LogP contribution in [-0.2, 0) is 17.3 Å². The first kappa shape index (κ1) is 19.2. The van der Waals surface area contributed by atoms with Crippen molar-refractivity contribution in [2.24, 2.45) is 0 Å². The van der Waals surface area contributed by atoms with E-state index in [4.69, 9.17) is 4.74 Å². The number of pyridine rings is 1. The largest absolute Gasteiger partial charge is 0.417 e. The van der Waals surface area contributed by atoms with E-state index in [9.17, 15) is 18.0 Å². The zero-order valence-corrected chi connectivity index (χ0v) is 14.9. The highest BCUT2D eigenvalue weighted by Crippen LogP contribution is 2.30. The van der Waals surface area contributed by atoms with Crippen LogP contribution in [0.4, 0.5) is 19.0 Å². The molecule has 1 aliphatic heterocycles. The van der Waals surface area contributed by atoms with E-state index in [0.29, 0.717) is 24.5 Å². The van der Waals surface area contributed by atoms with Gasteiger partial charge in [-0.3, -0.25) is 9.89 Å². The predicted molar refractivity (Wildman–Crippen MR) is 91.3 cm³/mol. The summed E-state index contributed by atoms with van der Waals surface area (Å²) in [7, 11) is 0. The van der Waals surface area contributed by atoms with Gasteiger partial charge in [-0.1, -0.05) is 0 Å². The second-order valence-corrected chi connectivity index (χ2v) is 6.37. The molecule has 0 spiro atoms. The minimum absolute atomic E-state index is 0.00376. The van der Waals surface area contributed by atoms with Crippen molar-refractivity contribution in [1.82, 2.24) is 20.5 Å². The smallest absolute Gasteiger partial charge is 0.369 e. The predicted octanol–water partition coefficient (Wildman–Crippen LogP) is 2.69. The number of hydrogen-bond donors (Lipinski definition) is 3. The first-order valence-corrected chi connectivity index (χ1v) is 8.53. The van der Waals surface area contributed by atoms with Gasteiger partial charge < -0.3 is 15.4 Å². The van der Waals surface area contributed by atoms with Crippen molar-refractivity contribution < 1.29 is 22.7 Å². The Balaban J connectivity index is 1.51. The molecule has 0 radical (unpaired) electrons. The summed E-state index contributed by atoms with van der Waals surface area (Å²) in [6, 6.07) is 2.20. The summed E-state index contributed by atoms with van der Waals surface area (Å²) in [5, 5.41) is 12.6. The van der Waals surface area contributed by atoms with Crippen molar-refractivity contribution in [2.45, 2.75) is 38.7 Å². The van der Waals surface area contributed by atoms with Crippen molar-refractivity contribution >= 4 is 11.7 Å². The van der Waals surface area contributed by atoms with E-state index in [1.807, 2.05) is 13.8 Å². The molecular weight excluding hydrogens is 363 g/mol. The molecule has 7 nitrogen and oxygen atoms in total. The Morgan fingerprint density at radius 1 is 1.33 bits per heavy atom. The minimum atomic E-state index is -4.41. The molecule has 2 aromatic rings. The number of amides is 1. The van der Waals surface area contributed by atoms with E-state index in [1.54, 1.807) is 0 Å². The highest BCUT2D eigenvalue weighted by atomic mass is 19.4. The molecule has 0 aliphatic carbocycles. The third-order valence-corrected chi connectivity index (χ3v) is 4.26. The van der Waals surface area contributed by atoms with Gasteiger partial charge in [-0.05, 0) is 26.0 Å². The van der Waals surface area contributed by atoms with Gasteiger partial charge in [0.15, 0.2) is 5.69 Å². The van der Waals surface area contributed by atoms with Gasteiger partial charge >= 0.3 is 6.18 Å². The molecule has 0 saturated carbocycles. The van der Waals surface area contributed by atoms with E-state index in [-0.39, 0.29) is 24.7 Å². The number of H-pyrrole nitrogens is 1. The van der Waals surface area contributed by atoms with Crippen molar-refractivity contribution in [2.75, 3.05) is 18.4 Å². The molecule has 2 aromatic heterocycles. The fourth-order valence-corrected chi connectivity index (χ4v) is 2.98. The SMILES string of the molecule is C[C@@H]1Cc2c(C(=O)NCCNc3ccc(C(F)(F)F)cn3)n[nH]c2[C@H](C)O1. The van der Waals surface area contributed by atoms with Gasteiger partial charge in [-0.2, -0.15) is 18.3 Å². The molecule has 3 heterocycles. The highest BCUT2D eigenvalue weighted by molar-refractivity contribution is 5.94. The van der Waals surface area contributed by atoms with Crippen LogP contribution in [0.3, 0.4) is 0 Å². The first-order chi connectivity index (χ1) is 12.8. The number of aromatic nitrogens is 3. The molecule has 27 heavy (non-hydrogen) atoms. The number of ether oxygens (including phenoxy) is 1. The summed E-state index contributed by atoms with van der Waals surface area (Å²) in [6.07, 6.45) is -3.19. The molecule has 3 rings (SSSR count). The molecule has 0 aromatic carbocycles. The van der Waals surface area contributed by atoms with Crippen LogP contribution < -0.4 is 10.6 Å². The normalized spacial score (nSPS) is 19.4. The summed E-state index contributed by atoms with van der Waals surface area (Å²) >= 11 is 0. The lowest BCUT2D eigenvalue weighted by molar-refractivity contribution is -0.137. The maximum atomic E-state index is 12.5. The van der Waals surface area contributed by atoms with E-state index in [2.05, 4.69) is 25.8 Å². The molecule has 0 bridgehead atoms. The van der Waals surface area contributed by atoms with Crippen LogP contribution >= 0.6 is 0 Å². The molecule has 146 valence electrons. The van der Waals surface area contributed by atoms with Gasteiger partial charge in [0.05, 0.1) is 23.5 Å². The summed E-state index contributed by atoms with van der Waals surface area (Å²) in [5.41, 5.74) is 1.21. The standard InChI is InChI=1S/C17H20F3N5O2/c1-9-7-12-14(10(2)27-9)24-25-15(12)16(26)22-6-5-21-13-4-3-11(8-23-13)17(18,19)20/h3-4,8-10H,5-7H2,1-2H3,(H,21,23)(H,22,26)(H,24,25)/t9-,10+/m1/s1. The average Bonchev–Trinajstić information content (AvgIpc) is 3.02. The number of nitrogens with zero attached hydrogens (tertiary/aromatic N) is 2. The number of fused-ring (bicyclic) bond motifs is 1. The van der Waals surface area contributed by atoms with E-state index in [1.165, 1.54) is 6.07 Å². The number of carbonyl (C=O) groups excluding carboxylic acids is 1. The Kier molecular flexibility index (Phi) is 5.36. The van der Waals surface area contributed by atoms with Gasteiger partial charge in [-0.15, -0.1) is 0 Å². The van der Waals surface area contributed by atoms with Crippen LogP contribution in [0.2, 0.25) is 0 Å². The average molecular weight is 383 g/mol. The van der Waals surface area contributed by atoms with E-state index >= 15 is 0 Å². The lowest BCUT2D eigenvalue weighted by atomic mass is 9.99. The molecule has 3 N–H and O–H groups in total. The van der Waals surface area contributed by atoms with E-state index in [0.717, 1.165) is 23.5 Å². The number of aromatic amines is 1. The summed E-state index contributed by atoms with van der Waals surface area (Å²) in [6.45, 7) is 4.42. The molecule has 10 heteroatoms. The molecule has 0 unspecified atom stereocenters. The Labute approximate surface area is 153 Å². The number of halogens is 3. The lowest BCUT2D eigenvalue weighted by Crippen LogP contribution is -2.31. The Hall–Kier alpha value is -2.62. The number of nitrogens with one attached hydrogen (secondary N) is 3. The lowest BCUT2D eigenvalue weighted by Gasteiger charge is -2.25. The first-order valence-electron chi connectivity index (χ1n) is 8.53. The number of rotatable bonds is 5. The molecule has 1 amide bonds. The second kappa shape index (κ2) is 7.55. The highest BCUT2D eigenvalue weighted by Gasteiger charge is 2.31. The monoisotopic (exact) mass is 383 g/mol. The van der Waals surface area contributed by atoms with Crippen molar-refractivity contribution in [1.29, 1.82) is 0 Å². The maximum absolute atomic E-state index is 12.5. The zero-order valence-electron chi connectivity index (χ0n) is 14.9. The molecule has 0 fully saturated rings. The number of anilines is 1. The maximum Gasteiger partial charge on any atom is 0.417 e. The summed E-state index contributed by atoms with van der Waals surface area (Å²) < 4.78 is 43.2. The van der Waals surface area contributed by atoms with Crippen molar-refractivity contribution in [3.8, 4) is 0 Å². The third-order valence-electron chi connectivity index (χ3n) is 4.26. The van der Waals surface area contributed by atoms with Crippen LogP contribution in [0, 0.1) is 0 Å². The number of carbonyl (C=O) groups is 1.